The van der Waals surface area contributed by atoms with Gasteiger partial charge in [-0.2, -0.15) is 0 Å². The van der Waals surface area contributed by atoms with Gasteiger partial charge >= 0.3 is 0 Å². The zero-order valence-electron chi connectivity index (χ0n) is 10.9. The molecular formula is C14H19N3OS. The Kier molecular flexibility index (Phi) is 3.77. The van der Waals surface area contributed by atoms with E-state index < -0.39 is 0 Å². The lowest BCUT2D eigenvalue weighted by molar-refractivity contribution is -0.0588. The van der Waals surface area contributed by atoms with Gasteiger partial charge in [0.25, 0.3) is 0 Å². The summed E-state index contributed by atoms with van der Waals surface area (Å²) in [6.07, 6.45) is 5.95. The molecule has 3 rings (SSSR count). The first-order valence-electron chi connectivity index (χ1n) is 6.84. The number of thiocarbonyl (C=S) groups is 1. The van der Waals surface area contributed by atoms with Crippen LogP contribution in [0.4, 0.5) is 0 Å². The highest BCUT2D eigenvalue weighted by molar-refractivity contribution is 7.80. The van der Waals surface area contributed by atoms with Crippen LogP contribution in [-0.2, 0) is 11.3 Å². The highest BCUT2D eigenvalue weighted by atomic mass is 32.1. The molecule has 2 unspecified atom stereocenters. The average molecular weight is 277 g/mol. The third-order valence-corrected chi connectivity index (χ3v) is 4.27. The van der Waals surface area contributed by atoms with Crippen molar-refractivity contribution < 1.29 is 4.74 Å². The zero-order valence-corrected chi connectivity index (χ0v) is 11.7. The van der Waals surface area contributed by atoms with Gasteiger partial charge in [0.2, 0.25) is 0 Å². The number of nitrogens with two attached hydrogens (primary N) is 1. The van der Waals surface area contributed by atoms with Crippen molar-refractivity contribution in [1.29, 1.82) is 0 Å². The summed E-state index contributed by atoms with van der Waals surface area (Å²) in [5.74, 6) is 0. The molecule has 0 spiro atoms. The van der Waals surface area contributed by atoms with Crippen molar-refractivity contribution in [1.82, 2.24) is 9.88 Å². The van der Waals surface area contributed by atoms with E-state index in [9.17, 15) is 0 Å². The number of pyridine rings is 1. The van der Waals surface area contributed by atoms with Crippen LogP contribution in [0.15, 0.2) is 18.3 Å². The molecule has 1 aromatic rings. The minimum atomic E-state index is 0.363. The summed E-state index contributed by atoms with van der Waals surface area (Å²) in [5, 5.41) is 0. The predicted molar refractivity (Wildman–Crippen MR) is 77.9 cm³/mol. The molecule has 1 aliphatic heterocycles. The largest absolute Gasteiger partial charge is 0.388 e. The molecule has 1 saturated heterocycles. The van der Waals surface area contributed by atoms with Crippen LogP contribution in [0.5, 0.6) is 0 Å². The summed E-state index contributed by atoms with van der Waals surface area (Å²) < 4.78 is 5.84. The van der Waals surface area contributed by atoms with Crippen LogP contribution >= 0.6 is 12.2 Å². The van der Waals surface area contributed by atoms with Crippen molar-refractivity contribution in [3.8, 4) is 0 Å². The second-order valence-electron chi connectivity index (χ2n) is 5.29. The van der Waals surface area contributed by atoms with Crippen LogP contribution in [0.3, 0.4) is 0 Å². The van der Waals surface area contributed by atoms with Gasteiger partial charge in [-0.25, -0.2) is 0 Å². The van der Waals surface area contributed by atoms with Gasteiger partial charge < -0.3 is 10.5 Å². The maximum Gasteiger partial charge on any atom is 0.122 e. The molecule has 2 atom stereocenters. The number of morpholine rings is 1. The van der Waals surface area contributed by atoms with Crippen LogP contribution < -0.4 is 5.73 Å². The van der Waals surface area contributed by atoms with Crippen molar-refractivity contribution in [2.45, 2.75) is 38.0 Å². The summed E-state index contributed by atoms with van der Waals surface area (Å²) in [6.45, 7) is 2.78. The Morgan fingerprint density at radius 1 is 1.53 bits per heavy atom. The van der Waals surface area contributed by atoms with Crippen molar-refractivity contribution >= 4 is 17.2 Å². The van der Waals surface area contributed by atoms with Gasteiger partial charge in [-0.3, -0.25) is 9.88 Å². The summed E-state index contributed by atoms with van der Waals surface area (Å²) in [5.41, 5.74) is 7.58. The molecular weight excluding hydrogens is 258 g/mol. The topological polar surface area (TPSA) is 51.4 Å². The van der Waals surface area contributed by atoms with Crippen molar-refractivity contribution in [3.05, 3.63) is 29.6 Å². The number of ether oxygens (including phenoxy) is 1. The minimum Gasteiger partial charge on any atom is -0.388 e. The highest BCUT2D eigenvalue weighted by Crippen LogP contribution is 2.30. The Bertz CT molecular complexity index is 480. The Morgan fingerprint density at radius 3 is 3.26 bits per heavy atom. The predicted octanol–water partition coefficient (Wildman–Crippen LogP) is 1.47. The van der Waals surface area contributed by atoms with Crippen molar-refractivity contribution in [2.75, 3.05) is 13.2 Å². The first-order chi connectivity index (χ1) is 9.24. The molecule has 19 heavy (non-hydrogen) atoms. The number of aromatic nitrogens is 1. The molecule has 102 valence electrons. The molecule has 4 nitrogen and oxygen atoms in total. The van der Waals surface area contributed by atoms with Gasteiger partial charge in [0.15, 0.2) is 0 Å². The van der Waals surface area contributed by atoms with E-state index in [1.807, 2.05) is 12.1 Å². The summed E-state index contributed by atoms with van der Waals surface area (Å²) in [6, 6.07) is 4.62. The molecule has 0 amide bonds. The van der Waals surface area contributed by atoms with E-state index in [1.54, 1.807) is 6.20 Å². The van der Waals surface area contributed by atoms with E-state index in [1.165, 1.54) is 24.8 Å². The SMILES string of the molecule is NC(=S)c1cc(CN2CCOC3CCCC32)ccn1. The summed E-state index contributed by atoms with van der Waals surface area (Å²) >= 11 is 4.98. The summed E-state index contributed by atoms with van der Waals surface area (Å²) in [7, 11) is 0. The Labute approximate surface area is 118 Å². The van der Waals surface area contributed by atoms with E-state index in [0.717, 1.165) is 19.7 Å². The van der Waals surface area contributed by atoms with Crippen LogP contribution in [0.2, 0.25) is 0 Å². The fourth-order valence-electron chi connectivity index (χ4n) is 3.14. The maximum absolute atomic E-state index is 5.84. The number of rotatable bonds is 3. The fourth-order valence-corrected chi connectivity index (χ4v) is 3.26. The smallest absolute Gasteiger partial charge is 0.122 e. The third-order valence-electron chi connectivity index (χ3n) is 4.06. The fraction of sp³-hybridized carbons (Fsp3) is 0.571. The lowest BCUT2D eigenvalue weighted by Crippen LogP contribution is -2.47. The number of nitrogens with zero attached hydrogens (tertiary/aromatic N) is 2. The number of hydrogen-bond donors (Lipinski definition) is 1. The molecule has 5 heteroatoms. The first-order valence-corrected chi connectivity index (χ1v) is 7.25. The van der Waals surface area contributed by atoms with Crippen LogP contribution in [0, 0.1) is 0 Å². The number of hydrogen-bond acceptors (Lipinski definition) is 4. The normalized spacial score (nSPS) is 27.2. The lowest BCUT2D eigenvalue weighted by atomic mass is 10.1. The van der Waals surface area contributed by atoms with E-state index in [0.29, 0.717) is 22.8 Å². The zero-order chi connectivity index (χ0) is 13.2. The standard InChI is InChI=1S/C14H19N3OS/c15-14(19)11-8-10(4-5-16-11)9-17-6-7-18-13-3-1-2-12(13)17/h4-5,8,12-13H,1-3,6-7,9H2,(H2,15,19). The van der Waals surface area contributed by atoms with Crippen molar-refractivity contribution in [2.24, 2.45) is 5.73 Å². The molecule has 2 N–H and O–H groups in total. The monoisotopic (exact) mass is 277 g/mol. The number of fused-ring (bicyclic) bond motifs is 1. The Hall–Kier alpha value is -1.04. The van der Waals surface area contributed by atoms with E-state index in [-0.39, 0.29) is 0 Å². The van der Waals surface area contributed by atoms with Crippen LogP contribution in [-0.4, -0.2) is 40.2 Å². The second kappa shape index (κ2) is 5.53. The van der Waals surface area contributed by atoms with Crippen LogP contribution in [0.25, 0.3) is 0 Å². The van der Waals surface area contributed by atoms with Crippen LogP contribution in [0.1, 0.15) is 30.5 Å². The van der Waals surface area contributed by atoms with E-state index in [4.69, 9.17) is 22.7 Å². The minimum absolute atomic E-state index is 0.363. The highest BCUT2D eigenvalue weighted by Gasteiger charge is 2.35. The van der Waals surface area contributed by atoms with Gasteiger partial charge in [0.05, 0.1) is 18.4 Å². The molecule has 2 aliphatic rings. The van der Waals surface area contributed by atoms with Gasteiger partial charge in [0.1, 0.15) is 4.99 Å². The summed E-state index contributed by atoms with van der Waals surface area (Å²) in [4.78, 5) is 7.08. The first kappa shape index (κ1) is 13.0. The molecule has 0 bridgehead atoms. The van der Waals surface area contributed by atoms with E-state index >= 15 is 0 Å². The van der Waals surface area contributed by atoms with Gasteiger partial charge in [-0.05, 0) is 37.0 Å². The quantitative estimate of drug-likeness (QED) is 0.848. The lowest BCUT2D eigenvalue weighted by Gasteiger charge is -2.37. The Morgan fingerprint density at radius 2 is 2.42 bits per heavy atom. The maximum atomic E-state index is 5.84. The van der Waals surface area contributed by atoms with Crippen molar-refractivity contribution in [3.63, 3.8) is 0 Å². The third kappa shape index (κ3) is 2.78. The van der Waals surface area contributed by atoms with E-state index in [2.05, 4.69) is 9.88 Å². The average Bonchev–Trinajstić information content (AvgIpc) is 2.88. The molecule has 0 radical (unpaired) electrons. The molecule has 1 saturated carbocycles. The molecule has 2 fully saturated rings. The van der Waals surface area contributed by atoms with Gasteiger partial charge in [-0.15, -0.1) is 0 Å². The Balaban J connectivity index is 1.73. The van der Waals surface area contributed by atoms with Gasteiger partial charge in [-0.1, -0.05) is 12.2 Å². The molecule has 0 aromatic carbocycles. The molecule has 1 aromatic heterocycles. The second-order valence-corrected chi connectivity index (χ2v) is 5.73. The van der Waals surface area contributed by atoms with Gasteiger partial charge in [0, 0.05) is 25.3 Å². The molecule has 2 heterocycles. The molecule has 1 aliphatic carbocycles.